The Labute approximate surface area is 175 Å². The lowest BCUT2D eigenvalue weighted by Crippen LogP contribution is -2.31. The van der Waals surface area contributed by atoms with Gasteiger partial charge in [-0.1, -0.05) is 31.5 Å². The molecule has 0 spiro atoms. The highest BCUT2D eigenvalue weighted by Crippen LogP contribution is 2.25. The van der Waals surface area contributed by atoms with Gasteiger partial charge in [-0.25, -0.2) is 4.39 Å². The van der Waals surface area contributed by atoms with E-state index in [1.165, 1.54) is 6.07 Å². The van der Waals surface area contributed by atoms with Crippen LogP contribution in [0.3, 0.4) is 0 Å². The van der Waals surface area contributed by atoms with Gasteiger partial charge in [0.1, 0.15) is 18.1 Å². The minimum atomic E-state index is -0.425. The van der Waals surface area contributed by atoms with Crippen LogP contribution in [0.4, 0.5) is 4.39 Å². The lowest BCUT2D eigenvalue weighted by Gasteiger charge is -2.12. The predicted octanol–water partition coefficient (Wildman–Crippen LogP) is 4.27. The molecule has 0 saturated carbocycles. The third-order valence-electron chi connectivity index (χ3n) is 4.53. The molecule has 7 heteroatoms. The zero-order valence-corrected chi connectivity index (χ0v) is 17.2. The number of methoxy groups -OCH3 is 1. The molecular weight excluding hydrogens is 391 g/mol. The van der Waals surface area contributed by atoms with Gasteiger partial charge in [-0.15, -0.1) is 0 Å². The predicted molar refractivity (Wildman–Crippen MR) is 114 cm³/mol. The van der Waals surface area contributed by atoms with Crippen molar-refractivity contribution in [1.82, 2.24) is 10.2 Å². The Morgan fingerprint density at radius 2 is 2.00 bits per heavy atom. The van der Waals surface area contributed by atoms with E-state index in [0.29, 0.717) is 23.1 Å². The van der Waals surface area contributed by atoms with Crippen molar-refractivity contribution in [2.75, 3.05) is 13.7 Å². The fourth-order valence-electron chi connectivity index (χ4n) is 2.98. The molecule has 1 aliphatic rings. The van der Waals surface area contributed by atoms with Crippen LogP contribution in [0.5, 0.6) is 11.5 Å². The molecule has 1 saturated heterocycles. The van der Waals surface area contributed by atoms with Gasteiger partial charge in [-0.3, -0.25) is 9.69 Å². The fourth-order valence-corrected chi connectivity index (χ4v) is 3.26. The summed E-state index contributed by atoms with van der Waals surface area (Å²) >= 11 is 5.28. The lowest BCUT2D eigenvalue weighted by molar-refractivity contribution is -0.122. The van der Waals surface area contributed by atoms with E-state index in [9.17, 15) is 9.18 Å². The number of nitrogens with one attached hydrogen (secondary N) is 1. The van der Waals surface area contributed by atoms with E-state index in [2.05, 4.69) is 12.2 Å². The van der Waals surface area contributed by atoms with Gasteiger partial charge in [0.15, 0.2) is 16.7 Å². The highest BCUT2D eigenvalue weighted by atomic mass is 32.1. The average molecular weight is 415 g/mol. The summed E-state index contributed by atoms with van der Waals surface area (Å²) in [5, 5.41) is 3.40. The topological polar surface area (TPSA) is 50.8 Å². The van der Waals surface area contributed by atoms with Crippen LogP contribution in [-0.2, 0) is 11.4 Å². The lowest BCUT2D eigenvalue weighted by atomic mass is 10.1. The van der Waals surface area contributed by atoms with Gasteiger partial charge in [0, 0.05) is 12.1 Å². The number of carbonyl (C=O) groups excluding carboxylic acids is 1. The fraction of sp³-hybridized carbons (Fsp3) is 0.273. The van der Waals surface area contributed by atoms with Gasteiger partial charge in [0.25, 0.3) is 5.91 Å². The maximum Gasteiger partial charge on any atom is 0.276 e. The number of ether oxygens (including phenoxy) is 2. The van der Waals surface area contributed by atoms with Crippen LogP contribution in [-0.4, -0.2) is 29.6 Å². The normalized spacial score (nSPS) is 15.0. The number of thiocarbonyl (C=S) groups is 1. The van der Waals surface area contributed by atoms with E-state index in [0.717, 1.165) is 24.0 Å². The van der Waals surface area contributed by atoms with Crippen LogP contribution in [0, 0.1) is 5.82 Å². The molecule has 5 nitrogen and oxygen atoms in total. The molecule has 3 rings (SSSR count). The monoisotopic (exact) mass is 414 g/mol. The molecule has 1 amide bonds. The second-order valence-corrected chi connectivity index (χ2v) is 6.98. The van der Waals surface area contributed by atoms with Gasteiger partial charge in [-0.05, 0) is 54.5 Å². The molecule has 0 atom stereocenters. The molecular formula is C22H23FN2O3S. The first kappa shape index (κ1) is 20.8. The number of benzene rings is 2. The molecule has 0 bridgehead atoms. The number of amides is 1. The van der Waals surface area contributed by atoms with Crippen molar-refractivity contribution < 1.29 is 18.7 Å². The van der Waals surface area contributed by atoms with Gasteiger partial charge in [0.2, 0.25) is 0 Å². The summed E-state index contributed by atoms with van der Waals surface area (Å²) in [6.45, 7) is 2.79. The van der Waals surface area contributed by atoms with E-state index in [4.69, 9.17) is 21.7 Å². The zero-order valence-electron chi connectivity index (χ0n) is 16.4. The molecule has 0 unspecified atom stereocenters. The molecule has 1 fully saturated rings. The van der Waals surface area contributed by atoms with Gasteiger partial charge in [-0.2, -0.15) is 0 Å². The quantitative estimate of drug-likeness (QED) is 0.516. The molecule has 2 aromatic carbocycles. The first-order valence-electron chi connectivity index (χ1n) is 9.42. The highest BCUT2D eigenvalue weighted by Gasteiger charge is 2.29. The first-order valence-corrected chi connectivity index (χ1v) is 9.83. The SMILES string of the molecule is CCCCN1C(=O)/C(=C\c2ccc(OC)c(COc3ccccc3F)c2)NC1=S. The van der Waals surface area contributed by atoms with Gasteiger partial charge in [0.05, 0.1) is 7.11 Å². The largest absolute Gasteiger partial charge is 0.496 e. The van der Waals surface area contributed by atoms with E-state index >= 15 is 0 Å². The zero-order chi connectivity index (χ0) is 20.8. The van der Waals surface area contributed by atoms with Crippen molar-refractivity contribution in [3.8, 4) is 11.5 Å². The molecule has 0 radical (unpaired) electrons. The third kappa shape index (κ3) is 4.92. The van der Waals surface area contributed by atoms with Crippen molar-refractivity contribution in [2.24, 2.45) is 0 Å². The molecule has 152 valence electrons. The summed E-state index contributed by atoms with van der Waals surface area (Å²) in [5.74, 6) is 0.228. The molecule has 1 aliphatic heterocycles. The number of para-hydroxylation sites is 1. The number of nitrogens with zero attached hydrogens (tertiary/aromatic N) is 1. The second-order valence-electron chi connectivity index (χ2n) is 6.59. The third-order valence-corrected chi connectivity index (χ3v) is 4.86. The molecule has 2 aromatic rings. The van der Waals surface area contributed by atoms with E-state index in [1.807, 2.05) is 12.1 Å². The standard InChI is InChI=1S/C22H23FN2O3S/c1-3-4-11-25-21(26)18(24-22(25)29)13-15-9-10-19(27-2)16(12-15)14-28-20-8-6-5-7-17(20)23/h5-10,12-13H,3-4,11,14H2,1-2H3,(H,24,29)/b18-13+. The van der Waals surface area contributed by atoms with Crippen LogP contribution in [0.15, 0.2) is 48.2 Å². The van der Waals surface area contributed by atoms with E-state index in [-0.39, 0.29) is 18.3 Å². The Balaban J connectivity index is 1.79. The number of unbranched alkanes of at least 4 members (excludes halogenated alkanes) is 1. The molecule has 0 aliphatic carbocycles. The number of carbonyl (C=O) groups is 1. The van der Waals surface area contributed by atoms with E-state index in [1.54, 1.807) is 42.4 Å². The summed E-state index contributed by atoms with van der Waals surface area (Å²) < 4.78 is 24.8. The Hall–Kier alpha value is -2.93. The Morgan fingerprint density at radius 3 is 2.72 bits per heavy atom. The summed E-state index contributed by atoms with van der Waals surface area (Å²) in [6, 6.07) is 11.7. The van der Waals surface area contributed by atoms with Crippen LogP contribution in [0.2, 0.25) is 0 Å². The van der Waals surface area contributed by atoms with Crippen LogP contribution >= 0.6 is 12.2 Å². The molecule has 1 heterocycles. The van der Waals surface area contributed by atoms with Crippen LogP contribution in [0.25, 0.3) is 6.08 Å². The van der Waals surface area contributed by atoms with Crippen molar-refractivity contribution in [3.05, 3.63) is 65.1 Å². The summed E-state index contributed by atoms with van der Waals surface area (Å²) in [6.07, 6.45) is 3.61. The molecule has 1 N–H and O–H groups in total. The number of rotatable bonds is 8. The Morgan fingerprint density at radius 1 is 1.21 bits per heavy atom. The van der Waals surface area contributed by atoms with Crippen LogP contribution in [0.1, 0.15) is 30.9 Å². The van der Waals surface area contributed by atoms with Crippen molar-refractivity contribution in [1.29, 1.82) is 0 Å². The van der Waals surface area contributed by atoms with E-state index < -0.39 is 5.82 Å². The van der Waals surface area contributed by atoms with Crippen molar-refractivity contribution >= 4 is 29.3 Å². The molecule has 0 aromatic heterocycles. The number of hydrogen-bond donors (Lipinski definition) is 1. The second kappa shape index (κ2) is 9.52. The number of hydrogen-bond acceptors (Lipinski definition) is 4. The van der Waals surface area contributed by atoms with Crippen molar-refractivity contribution in [3.63, 3.8) is 0 Å². The summed E-state index contributed by atoms with van der Waals surface area (Å²) in [4.78, 5) is 14.2. The smallest absolute Gasteiger partial charge is 0.276 e. The average Bonchev–Trinajstić information content (AvgIpc) is 2.98. The summed E-state index contributed by atoms with van der Waals surface area (Å²) in [7, 11) is 1.56. The van der Waals surface area contributed by atoms with Crippen molar-refractivity contribution in [2.45, 2.75) is 26.4 Å². The van der Waals surface area contributed by atoms with Crippen LogP contribution < -0.4 is 14.8 Å². The molecule has 29 heavy (non-hydrogen) atoms. The number of halogens is 1. The van der Waals surface area contributed by atoms with Gasteiger partial charge < -0.3 is 14.8 Å². The maximum absolute atomic E-state index is 13.8. The summed E-state index contributed by atoms with van der Waals surface area (Å²) in [5.41, 5.74) is 1.95. The minimum absolute atomic E-state index is 0.129. The maximum atomic E-state index is 13.8. The first-order chi connectivity index (χ1) is 14.0. The Bertz CT molecular complexity index is 945. The Kier molecular flexibility index (Phi) is 6.82. The highest BCUT2D eigenvalue weighted by molar-refractivity contribution is 7.80. The van der Waals surface area contributed by atoms with Gasteiger partial charge >= 0.3 is 0 Å². The minimum Gasteiger partial charge on any atom is -0.496 e.